The van der Waals surface area contributed by atoms with Gasteiger partial charge in [-0.2, -0.15) is 0 Å². The van der Waals surface area contributed by atoms with E-state index in [9.17, 15) is 9.18 Å². The molecule has 4 aromatic rings. The third-order valence-electron chi connectivity index (χ3n) is 6.43. The molecule has 1 amide bonds. The number of methoxy groups -OCH3 is 1. The van der Waals surface area contributed by atoms with Gasteiger partial charge in [-0.1, -0.05) is 17.7 Å². The number of rotatable bonds is 7. The number of alkyl halides is 1. The second kappa shape index (κ2) is 8.98. The molecule has 8 nitrogen and oxygen atoms in total. The molecular formula is C26H23ClFN5O3. The minimum Gasteiger partial charge on any atom is -0.493 e. The molecule has 0 bridgehead atoms. The fraction of sp³-hybridized carbons (Fsp3) is 0.269. The molecule has 1 aromatic carbocycles. The van der Waals surface area contributed by atoms with E-state index in [0.29, 0.717) is 61.6 Å². The van der Waals surface area contributed by atoms with E-state index in [4.69, 9.17) is 26.1 Å². The molecule has 3 N–H and O–H groups in total. The summed E-state index contributed by atoms with van der Waals surface area (Å²) in [5.41, 5.74) is 4.46. The minimum atomic E-state index is -0.623. The summed E-state index contributed by atoms with van der Waals surface area (Å²) in [6.07, 6.45) is 3.89. The number of aromatic amines is 1. The first-order valence-corrected chi connectivity index (χ1v) is 12.1. The summed E-state index contributed by atoms with van der Waals surface area (Å²) in [7, 11) is 1.52. The highest BCUT2D eigenvalue weighted by atomic mass is 35.5. The number of hydrogen-bond acceptors (Lipinski definition) is 6. The Morgan fingerprint density at radius 3 is 2.86 bits per heavy atom. The normalized spacial score (nSPS) is 17.0. The monoisotopic (exact) mass is 507 g/mol. The summed E-state index contributed by atoms with van der Waals surface area (Å²) in [4.78, 5) is 25.6. The Morgan fingerprint density at radius 2 is 2.08 bits per heavy atom. The fourth-order valence-electron chi connectivity index (χ4n) is 4.51. The molecule has 10 heteroatoms. The van der Waals surface area contributed by atoms with Gasteiger partial charge in [-0.3, -0.25) is 14.2 Å². The number of nitrogens with one attached hydrogen (secondary N) is 3. The number of aromatic nitrogens is 3. The Morgan fingerprint density at radius 1 is 1.22 bits per heavy atom. The number of amides is 1. The van der Waals surface area contributed by atoms with Gasteiger partial charge in [0, 0.05) is 36.0 Å². The summed E-state index contributed by atoms with van der Waals surface area (Å²) in [6, 6.07) is 10.8. The predicted molar refractivity (Wildman–Crippen MR) is 135 cm³/mol. The lowest BCUT2D eigenvalue weighted by Gasteiger charge is -2.21. The second-order valence-corrected chi connectivity index (χ2v) is 9.27. The lowest BCUT2D eigenvalue weighted by molar-refractivity contribution is 0.0938. The number of ether oxygens (including phenoxy) is 2. The summed E-state index contributed by atoms with van der Waals surface area (Å²) in [5.74, 6) is 0.130. The van der Waals surface area contributed by atoms with Crippen molar-refractivity contribution >= 4 is 39.9 Å². The van der Waals surface area contributed by atoms with E-state index in [-0.39, 0.29) is 18.6 Å². The molecule has 1 aliphatic heterocycles. The second-order valence-electron chi connectivity index (χ2n) is 8.86. The Balaban J connectivity index is 1.57. The van der Waals surface area contributed by atoms with Crippen molar-refractivity contribution in [3.05, 3.63) is 58.9 Å². The molecule has 36 heavy (non-hydrogen) atoms. The molecule has 1 fully saturated rings. The summed E-state index contributed by atoms with van der Waals surface area (Å²) >= 11 is 6.35. The van der Waals surface area contributed by atoms with Gasteiger partial charge in [0.2, 0.25) is 5.88 Å². The fourth-order valence-corrected chi connectivity index (χ4v) is 4.76. The molecule has 0 spiro atoms. The van der Waals surface area contributed by atoms with Gasteiger partial charge in [-0.25, -0.2) is 4.98 Å². The molecule has 2 aliphatic rings. The number of carbonyl (C=O) groups is 1. The summed E-state index contributed by atoms with van der Waals surface area (Å²) in [5, 5.41) is 6.55. The number of nitrogens with zero attached hydrogens (tertiary/aromatic N) is 2. The maximum atomic E-state index is 14.0. The Hall–Kier alpha value is -3.85. The number of hydrogen-bond donors (Lipinski definition) is 3. The Labute approximate surface area is 211 Å². The number of anilines is 2. The molecule has 184 valence electrons. The maximum Gasteiger partial charge on any atom is 0.255 e. The standard InChI is InChI=1S/C26H23ClFN5O3/c1-35-25-16(27)3-2-4-18(25)31-24-20-21(13(11-28)12-30-26(20)34)33-23(24)15-9-10-29-17-7-8-19(32-22(15)17)36-14-5-6-14/h2-4,7-10,13-14,31,33H,5-6,11-12H2,1H3,(H,30,34)/t13-/m1/s1. The molecule has 0 unspecified atom stereocenters. The van der Waals surface area contributed by atoms with Gasteiger partial charge in [-0.05, 0) is 37.1 Å². The Bertz CT molecular complexity index is 1490. The van der Waals surface area contributed by atoms with E-state index < -0.39 is 12.6 Å². The lowest BCUT2D eigenvalue weighted by Crippen LogP contribution is -2.35. The third kappa shape index (κ3) is 3.89. The average Bonchev–Trinajstić information content (AvgIpc) is 3.62. The molecule has 1 atom stereocenters. The number of halogens is 2. The van der Waals surface area contributed by atoms with Crippen molar-refractivity contribution in [1.82, 2.24) is 20.3 Å². The van der Waals surface area contributed by atoms with Crippen molar-refractivity contribution in [2.24, 2.45) is 0 Å². The Kier molecular flexibility index (Phi) is 5.64. The number of H-pyrrole nitrogens is 1. The number of carbonyl (C=O) groups excluding carboxylic acids is 1. The lowest BCUT2D eigenvalue weighted by atomic mass is 9.97. The van der Waals surface area contributed by atoms with E-state index in [1.165, 1.54) is 7.11 Å². The van der Waals surface area contributed by atoms with Crippen LogP contribution in [0.25, 0.3) is 22.3 Å². The van der Waals surface area contributed by atoms with Crippen LogP contribution in [-0.2, 0) is 0 Å². The third-order valence-corrected chi connectivity index (χ3v) is 6.73. The SMILES string of the molecule is COc1c(Cl)cccc1Nc1c(-c2ccnc3ccc(OC4CC4)nc23)[nH]c2c1C(=O)NC[C@H]2CF. The van der Waals surface area contributed by atoms with E-state index in [1.54, 1.807) is 30.5 Å². The first-order chi connectivity index (χ1) is 17.6. The molecule has 1 aliphatic carbocycles. The zero-order valence-corrected chi connectivity index (χ0v) is 20.2. The molecule has 4 heterocycles. The van der Waals surface area contributed by atoms with Crippen LogP contribution in [0.2, 0.25) is 5.02 Å². The molecule has 6 rings (SSSR count). The largest absolute Gasteiger partial charge is 0.493 e. The van der Waals surface area contributed by atoms with Crippen LogP contribution >= 0.6 is 11.6 Å². The van der Waals surface area contributed by atoms with Gasteiger partial charge in [0.25, 0.3) is 5.91 Å². The minimum absolute atomic E-state index is 0.189. The molecular weight excluding hydrogens is 485 g/mol. The van der Waals surface area contributed by atoms with Crippen molar-refractivity contribution in [3.8, 4) is 22.9 Å². The van der Waals surface area contributed by atoms with Crippen LogP contribution in [0.4, 0.5) is 15.8 Å². The molecule has 1 saturated carbocycles. The van der Waals surface area contributed by atoms with E-state index in [0.717, 1.165) is 12.8 Å². The number of pyridine rings is 2. The van der Waals surface area contributed by atoms with Gasteiger partial charge in [-0.15, -0.1) is 0 Å². The van der Waals surface area contributed by atoms with E-state index in [1.807, 2.05) is 12.1 Å². The van der Waals surface area contributed by atoms with Gasteiger partial charge in [0.15, 0.2) is 5.75 Å². The summed E-state index contributed by atoms with van der Waals surface area (Å²) in [6.45, 7) is -0.418. The predicted octanol–water partition coefficient (Wildman–Crippen LogP) is 5.37. The van der Waals surface area contributed by atoms with Crippen LogP contribution in [0.1, 0.15) is 34.8 Å². The highest BCUT2D eigenvalue weighted by Crippen LogP contribution is 2.44. The van der Waals surface area contributed by atoms with Crippen LogP contribution in [-0.4, -0.2) is 47.3 Å². The van der Waals surface area contributed by atoms with Gasteiger partial charge >= 0.3 is 0 Å². The first kappa shape index (κ1) is 22.6. The van der Waals surface area contributed by atoms with Crippen molar-refractivity contribution in [1.29, 1.82) is 0 Å². The molecule has 0 saturated heterocycles. The molecule has 3 aromatic heterocycles. The van der Waals surface area contributed by atoms with Crippen molar-refractivity contribution < 1.29 is 18.7 Å². The average molecular weight is 508 g/mol. The van der Waals surface area contributed by atoms with Crippen LogP contribution < -0.4 is 20.1 Å². The van der Waals surface area contributed by atoms with Crippen LogP contribution in [0.5, 0.6) is 11.6 Å². The van der Waals surface area contributed by atoms with Crippen molar-refractivity contribution in [3.63, 3.8) is 0 Å². The van der Waals surface area contributed by atoms with Crippen LogP contribution in [0.15, 0.2) is 42.6 Å². The number of para-hydroxylation sites is 1. The number of benzene rings is 1. The molecule has 0 radical (unpaired) electrons. The van der Waals surface area contributed by atoms with Crippen LogP contribution in [0, 0.1) is 0 Å². The highest BCUT2D eigenvalue weighted by Gasteiger charge is 2.34. The topological polar surface area (TPSA) is 101 Å². The van der Waals surface area contributed by atoms with E-state index >= 15 is 0 Å². The quantitative estimate of drug-likeness (QED) is 0.311. The maximum absolute atomic E-state index is 14.0. The van der Waals surface area contributed by atoms with Gasteiger partial charge in [0.1, 0.15) is 11.6 Å². The van der Waals surface area contributed by atoms with Gasteiger partial charge < -0.3 is 25.1 Å². The zero-order chi connectivity index (χ0) is 24.8. The number of fused-ring (bicyclic) bond motifs is 2. The van der Waals surface area contributed by atoms with Crippen molar-refractivity contribution in [2.75, 3.05) is 25.6 Å². The first-order valence-electron chi connectivity index (χ1n) is 11.7. The van der Waals surface area contributed by atoms with Gasteiger partial charge in [0.05, 0.1) is 47.0 Å². The smallest absolute Gasteiger partial charge is 0.255 e. The van der Waals surface area contributed by atoms with Crippen molar-refractivity contribution in [2.45, 2.75) is 24.9 Å². The highest BCUT2D eigenvalue weighted by molar-refractivity contribution is 6.32. The zero-order valence-electron chi connectivity index (χ0n) is 19.4. The van der Waals surface area contributed by atoms with E-state index in [2.05, 4.69) is 20.6 Å². The summed E-state index contributed by atoms with van der Waals surface area (Å²) < 4.78 is 25.4. The van der Waals surface area contributed by atoms with Crippen LogP contribution in [0.3, 0.4) is 0 Å².